The molecule has 4 rings (SSSR count). The number of hydrogen-bond acceptors (Lipinski definition) is 7. The predicted octanol–water partition coefficient (Wildman–Crippen LogP) is 3.86. The smallest absolute Gasteiger partial charge is 0.249 e. The quantitative estimate of drug-likeness (QED) is 0.677. The van der Waals surface area contributed by atoms with Gasteiger partial charge in [-0.25, -0.2) is 0 Å². The third kappa shape index (κ3) is 4.73. The fourth-order valence-corrected chi connectivity index (χ4v) is 3.29. The van der Waals surface area contributed by atoms with Crippen LogP contribution in [0, 0.1) is 5.92 Å². The molecule has 7 heteroatoms. The number of nitrogens with one attached hydrogen (secondary N) is 2. The number of nitrogens with zero attached hydrogens (tertiary/aromatic N) is 5. The van der Waals surface area contributed by atoms with Gasteiger partial charge in [0.25, 0.3) is 0 Å². The van der Waals surface area contributed by atoms with Crippen molar-refractivity contribution < 1.29 is 0 Å². The van der Waals surface area contributed by atoms with Crippen molar-refractivity contribution >= 4 is 23.1 Å². The van der Waals surface area contributed by atoms with Gasteiger partial charge in [-0.15, -0.1) is 5.10 Å². The molecule has 144 valence electrons. The van der Waals surface area contributed by atoms with E-state index in [4.69, 9.17) is 0 Å². The molecule has 1 saturated heterocycles. The van der Waals surface area contributed by atoms with E-state index in [1.165, 1.54) is 18.5 Å². The first-order chi connectivity index (χ1) is 13.8. The van der Waals surface area contributed by atoms with Crippen molar-refractivity contribution in [1.29, 1.82) is 0 Å². The van der Waals surface area contributed by atoms with E-state index >= 15 is 0 Å². The molecule has 3 heterocycles. The van der Waals surface area contributed by atoms with Gasteiger partial charge < -0.3 is 15.5 Å². The van der Waals surface area contributed by atoms with Crippen LogP contribution < -0.4 is 15.5 Å². The normalized spacial score (nSPS) is 14.7. The SMILES string of the molecule is CC1CCN(c2ccc(Nc3nncc(NCc4ccncc4)n3)cc2)CC1. The lowest BCUT2D eigenvalue weighted by Crippen LogP contribution is -2.32. The Morgan fingerprint density at radius 2 is 1.79 bits per heavy atom. The monoisotopic (exact) mass is 375 g/mol. The molecule has 1 aliphatic heterocycles. The fraction of sp³-hybridized carbons (Fsp3) is 0.333. The first-order valence-electron chi connectivity index (χ1n) is 9.71. The zero-order valence-corrected chi connectivity index (χ0v) is 16.0. The first kappa shape index (κ1) is 18.2. The van der Waals surface area contributed by atoms with Gasteiger partial charge in [-0.3, -0.25) is 4.98 Å². The van der Waals surface area contributed by atoms with Gasteiger partial charge in [-0.1, -0.05) is 6.92 Å². The second-order valence-corrected chi connectivity index (χ2v) is 7.22. The van der Waals surface area contributed by atoms with Gasteiger partial charge in [0.15, 0.2) is 5.82 Å². The summed E-state index contributed by atoms with van der Waals surface area (Å²) in [4.78, 5) is 11.0. The number of aromatic nitrogens is 4. The van der Waals surface area contributed by atoms with E-state index in [1.807, 2.05) is 12.1 Å². The molecule has 2 aromatic heterocycles. The predicted molar refractivity (Wildman–Crippen MR) is 112 cm³/mol. The molecule has 28 heavy (non-hydrogen) atoms. The highest BCUT2D eigenvalue weighted by atomic mass is 15.3. The van der Waals surface area contributed by atoms with Crippen molar-refractivity contribution in [1.82, 2.24) is 20.2 Å². The summed E-state index contributed by atoms with van der Waals surface area (Å²) in [5, 5.41) is 14.6. The van der Waals surface area contributed by atoms with E-state index in [9.17, 15) is 0 Å². The lowest BCUT2D eigenvalue weighted by Gasteiger charge is -2.32. The van der Waals surface area contributed by atoms with Gasteiger partial charge in [0.1, 0.15) is 0 Å². The lowest BCUT2D eigenvalue weighted by molar-refractivity contribution is 0.438. The molecule has 3 aromatic rings. The third-order valence-electron chi connectivity index (χ3n) is 5.05. The molecule has 2 N–H and O–H groups in total. The molecule has 0 unspecified atom stereocenters. The van der Waals surface area contributed by atoms with Crippen molar-refractivity contribution in [2.24, 2.45) is 5.92 Å². The minimum absolute atomic E-state index is 0.472. The number of hydrogen-bond donors (Lipinski definition) is 2. The Balaban J connectivity index is 1.36. The van der Waals surface area contributed by atoms with Gasteiger partial charge >= 0.3 is 0 Å². The Morgan fingerprint density at radius 3 is 2.54 bits per heavy atom. The third-order valence-corrected chi connectivity index (χ3v) is 5.05. The molecular weight excluding hydrogens is 350 g/mol. The lowest BCUT2D eigenvalue weighted by atomic mass is 9.99. The second kappa shape index (κ2) is 8.65. The van der Waals surface area contributed by atoms with E-state index < -0.39 is 0 Å². The Labute approximate surface area is 165 Å². The molecule has 1 fully saturated rings. The van der Waals surface area contributed by atoms with Crippen LogP contribution in [-0.2, 0) is 6.54 Å². The summed E-state index contributed by atoms with van der Waals surface area (Å²) >= 11 is 0. The molecule has 0 aliphatic carbocycles. The minimum atomic E-state index is 0.472. The van der Waals surface area contributed by atoms with Gasteiger partial charge in [0, 0.05) is 43.4 Å². The number of pyridine rings is 1. The summed E-state index contributed by atoms with van der Waals surface area (Å²) in [5.41, 5.74) is 3.34. The Hall–Kier alpha value is -3.22. The van der Waals surface area contributed by atoms with Crippen LogP contribution in [0.5, 0.6) is 0 Å². The number of anilines is 4. The standard InChI is InChI=1S/C21H25N7/c1-16-8-12-28(13-9-16)19-4-2-18(3-5-19)25-21-26-20(15-24-27-21)23-14-17-6-10-22-11-7-17/h2-7,10-11,15-16H,8-9,12-14H2,1H3,(H2,23,25,26,27). The van der Waals surface area contributed by atoms with Crippen LogP contribution in [0.1, 0.15) is 25.3 Å². The number of piperidine rings is 1. The molecule has 0 atom stereocenters. The maximum Gasteiger partial charge on any atom is 0.249 e. The molecule has 0 radical (unpaired) electrons. The highest BCUT2D eigenvalue weighted by molar-refractivity contribution is 5.59. The summed E-state index contributed by atoms with van der Waals surface area (Å²) in [6.45, 7) is 5.25. The summed E-state index contributed by atoms with van der Waals surface area (Å²) < 4.78 is 0. The minimum Gasteiger partial charge on any atom is -0.372 e. The summed E-state index contributed by atoms with van der Waals surface area (Å²) in [7, 11) is 0. The van der Waals surface area contributed by atoms with Crippen LogP contribution in [0.15, 0.2) is 55.0 Å². The van der Waals surface area contributed by atoms with Gasteiger partial charge in [0.05, 0.1) is 6.20 Å². The fourth-order valence-electron chi connectivity index (χ4n) is 3.29. The van der Waals surface area contributed by atoms with E-state index in [1.54, 1.807) is 18.6 Å². The van der Waals surface area contributed by atoms with Crippen molar-refractivity contribution in [3.63, 3.8) is 0 Å². The molecule has 0 amide bonds. The average Bonchev–Trinajstić information content (AvgIpc) is 2.75. The van der Waals surface area contributed by atoms with E-state index in [2.05, 4.69) is 66.9 Å². The summed E-state index contributed by atoms with van der Waals surface area (Å²) in [6, 6.07) is 12.4. The Morgan fingerprint density at radius 1 is 1.04 bits per heavy atom. The van der Waals surface area contributed by atoms with Crippen molar-refractivity contribution in [2.45, 2.75) is 26.3 Å². The average molecular weight is 375 g/mol. The number of benzene rings is 1. The number of rotatable bonds is 6. The van der Waals surface area contributed by atoms with Crippen LogP contribution in [0.2, 0.25) is 0 Å². The highest BCUT2D eigenvalue weighted by Crippen LogP contribution is 2.25. The van der Waals surface area contributed by atoms with Crippen LogP contribution in [0.25, 0.3) is 0 Å². The largest absolute Gasteiger partial charge is 0.372 e. The first-order valence-corrected chi connectivity index (χ1v) is 9.71. The van der Waals surface area contributed by atoms with Crippen LogP contribution in [0.3, 0.4) is 0 Å². The van der Waals surface area contributed by atoms with Crippen LogP contribution >= 0.6 is 0 Å². The van der Waals surface area contributed by atoms with Crippen molar-refractivity contribution in [3.8, 4) is 0 Å². The molecule has 7 nitrogen and oxygen atoms in total. The molecule has 1 aliphatic rings. The second-order valence-electron chi connectivity index (χ2n) is 7.22. The zero-order valence-electron chi connectivity index (χ0n) is 16.0. The van der Waals surface area contributed by atoms with Gasteiger partial charge in [-0.05, 0) is 60.7 Å². The topological polar surface area (TPSA) is 78.9 Å². The molecule has 0 bridgehead atoms. The highest BCUT2D eigenvalue weighted by Gasteiger charge is 2.15. The summed E-state index contributed by atoms with van der Waals surface area (Å²) in [6.07, 6.45) is 7.69. The Bertz CT molecular complexity index is 875. The Kier molecular flexibility index (Phi) is 5.61. The van der Waals surface area contributed by atoms with E-state index in [-0.39, 0.29) is 0 Å². The van der Waals surface area contributed by atoms with Gasteiger partial charge in [-0.2, -0.15) is 10.1 Å². The molecule has 1 aromatic carbocycles. The van der Waals surface area contributed by atoms with E-state index in [0.717, 1.165) is 30.3 Å². The summed E-state index contributed by atoms with van der Waals surface area (Å²) in [5.74, 6) is 1.98. The zero-order chi connectivity index (χ0) is 19.2. The molecule has 0 saturated carbocycles. The molecular formula is C21H25N7. The van der Waals surface area contributed by atoms with Crippen LogP contribution in [0.4, 0.5) is 23.1 Å². The van der Waals surface area contributed by atoms with Crippen molar-refractivity contribution in [2.75, 3.05) is 28.6 Å². The van der Waals surface area contributed by atoms with Crippen LogP contribution in [-0.4, -0.2) is 33.3 Å². The maximum absolute atomic E-state index is 4.48. The van der Waals surface area contributed by atoms with Crippen molar-refractivity contribution in [3.05, 3.63) is 60.6 Å². The maximum atomic E-state index is 4.48. The van der Waals surface area contributed by atoms with Gasteiger partial charge in [0.2, 0.25) is 5.95 Å². The van der Waals surface area contributed by atoms with E-state index in [0.29, 0.717) is 18.3 Å². The molecule has 0 spiro atoms.